The molecule has 2 aromatic rings. The number of hydrogen-bond acceptors (Lipinski definition) is 4. The van der Waals surface area contributed by atoms with Crippen LogP contribution in [0.2, 0.25) is 5.02 Å². The molecule has 22 heavy (non-hydrogen) atoms. The fraction of sp³-hybridized carbons (Fsp3) is 0.267. The van der Waals surface area contributed by atoms with Crippen LogP contribution in [-0.2, 0) is 0 Å². The summed E-state index contributed by atoms with van der Waals surface area (Å²) >= 11 is 5.98. The van der Waals surface area contributed by atoms with E-state index in [0.717, 1.165) is 24.1 Å². The van der Waals surface area contributed by atoms with E-state index < -0.39 is 0 Å². The third-order valence-corrected chi connectivity index (χ3v) is 3.52. The van der Waals surface area contributed by atoms with Crippen LogP contribution in [0.1, 0.15) is 18.4 Å². The minimum Gasteiger partial charge on any atom is -0.338 e. The van der Waals surface area contributed by atoms with Crippen molar-refractivity contribution >= 4 is 35.0 Å². The molecule has 1 saturated carbocycles. The number of urea groups is 1. The summed E-state index contributed by atoms with van der Waals surface area (Å²) in [5.74, 6) is 0.991. The van der Waals surface area contributed by atoms with Gasteiger partial charge < -0.3 is 10.6 Å². The van der Waals surface area contributed by atoms with E-state index in [1.54, 1.807) is 12.1 Å². The quantitative estimate of drug-likeness (QED) is 0.806. The summed E-state index contributed by atoms with van der Waals surface area (Å²) in [6.45, 7) is 1.98. The maximum atomic E-state index is 11.6. The number of aryl methyl sites for hydroxylation is 1. The molecule has 3 rings (SSSR count). The number of carbonyl (C=O) groups excluding carboxylic acids is 1. The fourth-order valence-corrected chi connectivity index (χ4v) is 2.07. The van der Waals surface area contributed by atoms with E-state index in [1.807, 2.05) is 25.1 Å². The zero-order chi connectivity index (χ0) is 15.5. The van der Waals surface area contributed by atoms with Gasteiger partial charge in [-0.25, -0.2) is 4.79 Å². The van der Waals surface area contributed by atoms with Gasteiger partial charge in [0.15, 0.2) is 11.6 Å². The molecule has 1 fully saturated rings. The lowest BCUT2D eigenvalue weighted by Gasteiger charge is -2.09. The Kier molecular flexibility index (Phi) is 4.11. The molecule has 0 spiro atoms. The maximum Gasteiger partial charge on any atom is 0.320 e. The van der Waals surface area contributed by atoms with Crippen LogP contribution in [0.25, 0.3) is 0 Å². The fourth-order valence-electron chi connectivity index (χ4n) is 1.90. The van der Waals surface area contributed by atoms with Crippen LogP contribution < -0.4 is 16.0 Å². The molecular formula is C15H16ClN5O. The number of aromatic nitrogens is 2. The van der Waals surface area contributed by atoms with Crippen LogP contribution >= 0.6 is 11.6 Å². The second-order valence-electron chi connectivity index (χ2n) is 5.26. The SMILES string of the molecule is Cc1ccc(Cl)cc1Nc1ccc(NC(=O)NC2CC2)nn1. The summed E-state index contributed by atoms with van der Waals surface area (Å²) in [5, 5.41) is 17.3. The molecule has 0 radical (unpaired) electrons. The molecule has 1 aliphatic rings. The van der Waals surface area contributed by atoms with E-state index in [0.29, 0.717) is 22.7 Å². The molecule has 0 aliphatic heterocycles. The number of halogens is 1. The minimum atomic E-state index is -0.247. The molecule has 0 saturated heterocycles. The first-order valence-electron chi connectivity index (χ1n) is 7.04. The summed E-state index contributed by atoms with van der Waals surface area (Å²) in [4.78, 5) is 11.6. The molecule has 6 nitrogen and oxygen atoms in total. The molecule has 0 unspecified atom stereocenters. The lowest BCUT2D eigenvalue weighted by molar-refractivity contribution is 0.251. The van der Waals surface area contributed by atoms with Gasteiger partial charge in [0.25, 0.3) is 0 Å². The standard InChI is InChI=1S/C15H16ClN5O/c1-9-2-3-10(16)8-12(9)18-13-6-7-14(21-20-13)19-15(22)17-11-4-5-11/h2-3,6-8,11H,4-5H2,1H3,(H,18,20)(H2,17,19,21,22). The van der Waals surface area contributed by atoms with Crippen molar-refractivity contribution in [2.24, 2.45) is 0 Å². The van der Waals surface area contributed by atoms with Crippen molar-refractivity contribution in [2.75, 3.05) is 10.6 Å². The van der Waals surface area contributed by atoms with Crippen molar-refractivity contribution in [2.45, 2.75) is 25.8 Å². The molecule has 0 atom stereocenters. The van der Waals surface area contributed by atoms with Crippen LogP contribution in [0, 0.1) is 6.92 Å². The lowest BCUT2D eigenvalue weighted by Crippen LogP contribution is -2.30. The van der Waals surface area contributed by atoms with Crippen LogP contribution in [0.3, 0.4) is 0 Å². The third-order valence-electron chi connectivity index (χ3n) is 3.28. The topological polar surface area (TPSA) is 78.9 Å². The van der Waals surface area contributed by atoms with Crippen molar-refractivity contribution in [3.8, 4) is 0 Å². The van der Waals surface area contributed by atoms with Crippen molar-refractivity contribution < 1.29 is 4.79 Å². The van der Waals surface area contributed by atoms with E-state index in [9.17, 15) is 4.79 Å². The first-order chi connectivity index (χ1) is 10.6. The molecule has 0 bridgehead atoms. The Balaban J connectivity index is 1.63. The van der Waals surface area contributed by atoms with Gasteiger partial charge in [-0.1, -0.05) is 17.7 Å². The molecular weight excluding hydrogens is 302 g/mol. The summed E-state index contributed by atoms with van der Waals surface area (Å²) in [6, 6.07) is 9.09. The summed E-state index contributed by atoms with van der Waals surface area (Å²) in [6.07, 6.45) is 2.09. The van der Waals surface area contributed by atoms with Crippen LogP contribution in [-0.4, -0.2) is 22.3 Å². The van der Waals surface area contributed by atoms with Gasteiger partial charge in [-0.15, -0.1) is 10.2 Å². The molecule has 1 aromatic heterocycles. The highest BCUT2D eigenvalue weighted by Gasteiger charge is 2.23. The van der Waals surface area contributed by atoms with Crippen molar-refractivity contribution in [3.63, 3.8) is 0 Å². The van der Waals surface area contributed by atoms with Gasteiger partial charge in [-0.05, 0) is 49.6 Å². The van der Waals surface area contributed by atoms with Crippen LogP contribution in [0.5, 0.6) is 0 Å². The van der Waals surface area contributed by atoms with Gasteiger partial charge in [0.1, 0.15) is 0 Å². The van der Waals surface area contributed by atoms with Crippen LogP contribution in [0.4, 0.5) is 22.1 Å². The van der Waals surface area contributed by atoms with E-state index in [-0.39, 0.29) is 6.03 Å². The Morgan fingerprint density at radius 1 is 1.18 bits per heavy atom. The molecule has 1 aromatic carbocycles. The first-order valence-corrected chi connectivity index (χ1v) is 7.42. The molecule has 114 valence electrons. The molecule has 1 aliphatic carbocycles. The Hall–Kier alpha value is -2.34. The third kappa shape index (κ3) is 3.85. The van der Waals surface area contributed by atoms with E-state index >= 15 is 0 Å². The van der Waals surface area contributed by atoms with Gasteiger partial charge in [0.05, 0.1) is 0 Å². The summed E-state index contributed by atoms with van der Waals surface area (Å²) in [5.41, 5.74) is 1.92. The number of carbonyl (C=O) groups is 1. The Morgan fingerprint density at radius 3 is 2.59 bits per heavy atom. The normalized spacial score (nSPS) is 13.5. The van der Waals surface area contributed by atoms with E-state index in [2.05, 4.69) is 26.1 Å². The van der Waals surface area contributed by atoms with Crippen molar-refractivity contribution in [1.82, 2.24) is 15.5 Å². The average molecular weight is 318 g/mol. The number of anilines is 3. The second-order valence-corrected chi connectivity index (χ2v) is 5.70. The van der Waals surface area contributed by atoms with E-state index in [1.165, 1.54) is 0 Å². The predicted molar refractivity (Wildman–Crippen MR) is 86.7 cm³/mol. The first kappa shape index (κ1) is 14.6. The zero-order valence-electron chi connectivity index (χ0n) is 12.1. The Bertz CT molecular complexity index is 685. The maximum absolute atomic E-state index is 11.6. The number of benzene rings is 1. The zero-order valence-corrected chi connectivity index (χ0v) is 12.8. The molecule has 3 N–H and O–H groups in total. The number of hydrogen-bond donors (Lipinski definition) is 3. The van der Waals surface area contributed by atoms with E-state index in [4.69, 9.17) is 11.6 Å². The van der Waals surface area contributed by atoms with Gasteiger partial charge in [0, 0.05) is 16.8 Å². The minimum absolute atomic E-state index is 0.247. The molecule has 2 amide bonds. The predicted octanol–water partition coefficient (Wildman–Crippen LogP) is 3.47. The van der Waals surface area contributed by atoms with Crippen molar-refractivity contribution in [3.05, 3.63) is 40.9 Å². The number of nitrogens with zero attached hydrogens (tertiary/aromatic N) is 2. The summed E-state index contributed by atoms with van der Waals surface area (Å²) < 4.78 is 0. The molecule has 1 heterocycles. The second kappa shape index (κ2) is 6.19. The highest BCUT2D eigenvalue weighted by atomic mass is 35.5. The van der Waals surface area contributed by atoms with Crippen LogP contribution in [0.15, 0.2) is 30.3 Å². The Labute approximate surface area is 133 Å². The smallest absolute Gasteiger partial charge is 0.320 e. The highest BCUT2D eigenvalue weighted by molar-refractivity contribution is 6.30. The number of amides is 2. The molecule has 7 heteroatoms. The van der Waals surface area contributed by atoms with Crippen molar-refractivity contribution in [1.29, 1.82) is 0 Å². The lowest BCUT2D eigenvalue weighted by atomic mass is 10.2. The average Bonchev–Trinajstić information content (AvgIpc) is 3.29. The monoisotopic (exact) mass is 317 g/mol. The van der Waals surface area contributed by atoms with Gasteiger partial charge in [0.2, 0.25) is 0 Å². The number of rotatable bonds is 4. The van der Waals surface area contributed by atoms with Gasteiger partial charge >= 0.3 is 6.03 Å². The highest BCUT2D eigenvalue weighted by Crippen LogP contribution is 2.23. The van der Waals surface area contributed by atoms with Gasteiger partial charge in [-0.2, -0.15) is 0 Å². The number of nitrogens with one attached hydrogen (secondary N) is 3. The van der Waals surface area contributed by atoms with Gasteiger partial charge in [-0.3, -0.25) is 5.32 Å². The Morgan fingerprint density at radius 2 is 1.91 bits per heavy atom. The summed E-state index contributed by atoms with van der Waals surface area (Å²) in [7, 11) is 0. The largest absolute Gasteiger partial charge is 0.338 e.